The molecule has 0 fully saturated rings. The summed E-state index contributed by atoms with van der Waals surface area (Å²) in [5.41, 5.74) is 3.91. The Balaban J connectivity index is 2.00. The van der Waals surface area contributed by atoms with Crippen molar-refractivity contribution < 1.29 is 0 Å². The van der Waals surface area contributed by atoms with E-state index in [-0.39, 0.29) is 6.04 Å². The van der Waals surface area contributed by atoms with Crippen molar-refractivity contribution in [2.24, 2.45) is 0 Å². The smallest absolute Gasteiger partial charge is 0.0453 e. The maximum atomic E-state index is 6.25. The molecule has 0 aliphatic rings. The van der Waals surface area contributed by atoms with Crippen LogP contribution in [-0.2, 0) is 6.42 Å². The van der Waals surface area contributed by atoms with E-state index in [0.717, 1.165) is 17.0 Å². The van der Waals surface area contributed by atoms with Gasteiger partial charge in [-0.1, -0.05) is 54.1 Å². The number of hydrogen-bond donors (Lipinski definition) is 1. The Kier molecular flexibility index (Phi) is 5.22. The highest BCUT2D eigenvalue weighted by Gasteiger charge is 2.12. The molecular formula is C18H22ClN. The van der Waals surface area contributed by atoms with Gasteiger partial charge in [0.1, 0.15) is 0 Å². The molecule has 0 saturated carbocycles. The molecule has 20 heavy (non-hydrogen) atoms. The van der Waals surface area contributed by atoms with E-state index in [4.69, 9.17) is 11.6 Å². The van der Waals surface area contributed by atoms with Crippen molar-refractivity contribution in [3.05, 3.63) is 70.2 Å². The van der Waals surface area contributed by atoms with Crippen LogP contribution in [0, 0.1) is 6.92 Å². The molecule has 0 bridgehead atoms. The lowest BCUT2D eigenvalue weighted by atomic mass is 10.0. The van der Waals surface area contributed by atoms with Gasteiger partial charge in [-0.05, 0) is 49.9 Å². The number of hydrogen-bond acceptors (Lipinski definition) is 1. The van der Waals surface area contributed by atoms with Crippen LogP contribution >= 0.6 is 11.6 Å². The normalized spacial score (nSPS) is 14.0. The van der Waals surface area contributed by atoms with Crippen LogP contribution in [0.25, 0.3) is 0 Å². The van der Waals surface area contributed by atoms with Crippen molar-refractivity contribution in [1.82, 2.24) is 5.32 Å². The molecular weight excluding hydrogens is 266 g/mol. The van der Waals surface area contributed by atoms with Crippen molar-refractivity contribution in [1.29, 1.82) is 0 Å². The summed E-state index contributed by atoms with van der Waals surface area (Å²) in [6.07, 6.45) is 1.03. The largest absolute Gasteiger partial charge is 0.307 e. The third-order valence-electron chi connectivity index (χ3n) is 3.69. The lowest BCUT2D eigenvalue weighted by Crippen LogP contribution is -2.31. The number of halogens is 1. The van der Waals surface area contributed by atoms with Gasteiger partial charge in [-0.25, -0.2) is 0 Å². The van der Waals surface area contributed by atoms with Gasteiger partial charge in [0.25, 0.3) is 0 Å². The van der Waals surface area contributed by atoms with Gasteiger partial charge in [0.2, 0.25) is 0 Å². The Morgan fingerprint density at radius 3 is 2.35 bits per heavy atom. The fourth-order valence-electron chi connectivity index (χ4n) is 2.57. The molecule has 0 aliphatic carbocycles. The fraction of sp³-hybridized carbons (Fsp3) is 0.333. The van der Waals surface area contributed by atoms with E-state index < -0.39 is 0 Å². The molecule has 2 unspecified atom stereocenters. The van der Waals surface area contributed by atoms with Gasteiger partial charge in [-0.3, -0.25) is 0 Å². The van der Waals surface area contributed by atoms with Gasteiger partial charge >= 0.3 is 0 Å². The number of benzene rings is 2. The molecule has 1 nitrogen and oxygen atoms in total. The fourth-order valence-corrected chi connectivity index (χ4v) is 2.87. The van der Waals surface area contributed by atoms with Gasteiger partial charge in [0.15, 0.2) is 0 Å². The summed E-state index contributed by atoms with van der Waals surface area (Å²) in [5, 5.41) is 4.46. The lowest BCUT2D eigenvalue weighted by Gasteiger charge is -2.22. The van der Waals surface area contributed by atoms with Gasteiger partial charge in [-0.2, -0.15) is 0 Å². The predicted molar refractivity (Wildman–Crippen MR) is 87.3 cm³/mol. The highest BCUT2D eigenvalue weighted by Crippen LogP contribution is 2.23. The van der Waals surface area contributed by atoms with Gasteiger partial charge in [0, 0.05) is 17.1 Å². The number of rotatable bonds is 5. The standard InChI is InChI=1S/C18H22ClN/c1-13-8-4-5-9-16(13)12-14(2)20-15(3)17-10-6-7-11-18(17)19/h4-11,14-15,20H,12H2,1-3H3. The van der Waals surface area contributed by atoms with E-state index in [0.29, 0.717) is 6.04 Å². The molecule has 2 heteroatoms. The first-order valence-electron chi connectivity index (χ1n) is 7.13. The first-order chi connectivity index (χ1) is 9.58. The summed E-state index contributed by atoms with van der Waals surface area (Å²) < 4.78 is 0. The van der Waals surface area contributed by atoms with E-state index in [9.17, 15) is 0 Å². The van der Waals surface area contributed by atoms with Crippen LogP contribution in [0.3, 0.4) is 0 Å². The molecule has 0 aliphatic heterocycles. The van der Waals surface area contributed by atoms with Crippen LogP contribution in [-0.4, -0.2) is 6.04 Å². The van der Waals surface area contributed by atoms with Crippen LogP contribution in [0.5, 0.6) is 0 Å². The molecule has 0 heterocycles. The molecule has 0 saturated heterocycles. The zero-order chi connectivity index (χ0) is 14.5. The minimum absolute atomic E-state index is 0.253. The van der Waals surface area contributed by atoms with Crippen molar-refractivity contribution >= 4 is 11.6 Å². The minimum atomic E-state index is 0.253. The summed E-state index contributed by atoms with van der Waals surface area (Å²) in [4.78, 5) is 0. The SMILES string of the molecule is Cc1ccccc1CC(C)NC(C)c1ccccc1Cl. The molecule has 0 radical (unpaired) electrons. The Labute approximate surface area is 127 Å². The second-order valence-electron chi connectivity index (χ2n) is 5.44. The third kappa shape index (κ3) is 3.84. The van der Waals surface area contributed by atoms with E-state index in [1.807, 2.05) is 18.2 Å². The first-order valence-corrected chi connectivity index (χ1v) is 7.50. The highest BCUT2D eigenvalue weighted by atomic mass is 35.5. The Bertz CT molecular complexity index is 565. The summed E-state index contributed by atoms with van der Waals surface area (Å²) in [6.45, 7) is 6.55. The van der Waals surface area contributed by atoms with Crippen LogP contribution in [0.1, 0.15) is 36.6 Å². The maximum absolute atomic E-state index is 6.25. The molecule has 0 aromatic heterocycles. The molecule has 2 aromatic carbocycles. The van der Waals surface area contributed by atoms with Crippen LogP contribution in [0.15, 0.2) is 48.5 Å². The van der Waals surface area contributed by atoms with E-state index in [1.54, 1.807) is 0 Å². The number of aryl methyl sites for hydroxylation is 1. The third-order valence-corrected chi connectivity index (χ3v) is 4.04. The molecule has 2 aromatic rings. The summed E-state index contributed by atoms with van der Waals surface area (Å²) in [7, 11) is 0. The second kappa shape index (κ2) is 6.92. The topological polar surface area (TPSA) is 12.0 Å². The summed E-state index contributed by atoms with van der Waals surface area (Å²) in [5.74, 6) is 0. The van der Waals surface area contributed by atoms with Gasteiger partial charge < -0.3 is 5.32 Å². The Morgan fingerprint density at radius 1 is 1.00 bits per heavy atom. The predicted octanol–water partition coefficient (Wildman–Crippen LogP) is 4.93. The van der Waals surface area contributed by atoms with Crippen LogP contribution in [0.4, 0.5) is 0 Å². The van der Waals surface area contributed by atoms with Crippen molar-refractivity contribution in [3.8, 4) is 0 Å². The summed E-state index contributed by atoms with van der Waals surface area (Å²) >= 11 is 6.25. The van der Waals surface area contributed by atoms with Crippen LogP contribution < -0.4 is 5.32 Å². The van der Waals surface area contributed by atoms with Crippen molar-refractivity contribution in [3.63, 3.8) is 0 Å². The zero-order valence-electron chi connectivity index (χ0n) is 12.4. The molecule has 0 spiro atoms. The highest BCUT2D eigenvalue weighted by molar-refractivity contribution is 6.31. The van der Waals surface area contributed by atoms with Gasteiger partial charge in [-0.15, -0.1) is 0 Å². The second-order valence-corrected chi connectivity index (χ2v) is 5.85. The Morgan fingerprint density at radius 2 is 1.65 bits per heavy atom. The van der Waals surface area contributed by atoms with E-state index >= 15 is 0 Å². The van der Waals surface area contributed by atoms with E-state index in [2.05, 4.69) is 56.4 Å². The molecule has 0 amide bonds. The molecule has 2 atom stereocenters. The average Bonchev–Trinajstić information content (AvgIpc) is 2.41. The molecule has 2 rings (SSSR count). The van der Waals surface area contributed by atoms with Gasteiger partial charge in [0.05, 0.1) is 0 Å². The summed E-state index contributed by atoms with van der Waals surface area (Å²) in [6, 6.07) is 17.2. The zero-order valence-corrected chi connectivity index (χ0v) is 13.1. The quantitative estimate of drug-likeness (QED) is 0.822. The Hall–Kier alpha value is -1.31. The average molecular weight is 288 g/mol. The first kappa shape index (κ1) is 15.1. The molecule has 1 N–H and O–H groups in total. The monoisotopic (exact) mass is 287 g/mol. The maximum Gasteiger partial charge on any atom is 0.0453 e. The van der Waals surface area contributed by atoms with Crippen molar-refractivity contribution in [2.75, 3.05) is 0 Å². The van der Waals surface area contributed by atoms with E-state index in [1.165, 1.54) is 11.1 Å². The van der Waals surface area contributed by atoms with Crippen molar-refractivity contribution in [2.45, 2.75) is 39.3 Å². The van der Waals surface area contributed by atoms with Crippen LogP contribution in [0.2, 0.25) is 5.02 Å². The number of nitrogens with one attached hydrogen (secondary N) is 1. The lowest BCUT2D eigenvalue weighted by molar-refractivity contribution is 0.477. The minimum Gasteiger partial charge on any atom is -0.307 e. The molecule has 106 valence electrons.